The van der Waals surface area contributed by atoms with Gasteiger partial charge in [-0.2, -0.15) is 0 Å². The van der Waals surface area contributed by atoms with Crippen LogP contribution in [0.25, 0.3) is 5.57 Å². The lowest BCUT2D eigenvalue weighted by Crippen LogP contribution is -2.48. The number of aliphatic hydroxyl groups is 1. The number of phenols is 3. The van der Waals surface area contributed by atoms with Crippen LogP contribution in [0.2, 0.25) is 0 Å². The molecule has 0 spiro atoms. The van der Waals surface area contributed by atoms with Crippen LogP contribution < -0.4 is 16.6 Å². The number of phenolic OH excluding ortho intramolecular Hbond substituents is 3. The Kier molecular flexibility index (Phi) is 10.9. The second-order valence-corrected chi connectivity index (χ2v) is 9.60. The van der Waals surface area contributed by atoms with Gasteiger partial charge in [-0.1, -0.05) is 60.7 Å². The molecule has 39 heavy (non-hydrogen) atoms. The molecule has 0 fully saturated rings. The van der Waals surface area contributed by atoms with Crippen LogP contribution in [0.5, 0.6) is 17.2 Å². The maximum atomic E-state index is 11.2. The molecule has 1 unspecified atom stereocenters. The molecule has 1 amide bonds. The Morgan fingerprint density at radius 2 is 1.54 bits per heavy atom. The maximum Gasteiger partial charge on any atom is 0.253 e. The quantitative estimate of drug-likeness (QED) is 0.172. The minimum atomic E-state index is -1.04. The number of carbonyl (C=O) groups is 1. The Morgan fingerprint density at radius 3 is 2.10 bits per heavy atom. The highest BCUT2D eigenvalue weighted by Gasteiger charge is 2.17. The van der Waals surface area contributed by atoms with Crippen LogP contribution in [0, 0.1) is 0 Å². The number of benzene rings is 3. The average Bonchev–Trinajstić information content (AvgIpc) is 3.10. The number of aryl methyl sites for hydroxylation is 2. The molecular weight excluding hydrogens is 496 g/mol. The van der Waals surface area contributed by atoms with Crippen molar-refractivity contribution in [2.24, 2.45) is 5.73 Å². The minimum absolute atomic E-state index is 0.00353. The van der Waals surface area contributed by atoms with Gasteiger partial charge in [0.15, 0.2) is 11.5 Å². The highest BCUT2D eigenvalue weighted by atomic mass is 16.3. The smallest absolute Gasteiger partial charge is 0.253 e. The Balaban J connectivity index is 0.000000219. The molecule has 3 aromatic carbocycles. The summed E-state index contributed by atoms with van der Waals surface area (Å²) in [7, 11) is 4.26. The number of nitrogens with zero attached hydrogens (tertiary/aromatic N) is 1. The number of hydrazine groups is 1. The number of aliphatic hydroxyl groups excluding tert-OH is 1. The summed E-state index contributed by atoms with van der Waals surface area (Å²) in [4.78, 5) is 13.4. The van der Waals surface area contributed by atoms with Crippen molar-refractivity contribution in [2.45, 2.75) is 31.8 Å². The first kappa shape index (κ1) is 29.7. The summed E-state index contributed by atoms with van der Waals surface area (Å²) in [6, 6.07) is 19.3. The molecule has 3 aromatic rings. The lowest BCUT2D eigenvalue weighted by atomic mass is 9.93. The Morgan fingerprint density at radius 1 is 0.949 bits per heavy atom. The number of rotatable bonds is 8. The van der Waals surface area contributed by atoms with Crippen molar-refractivity contribution in [1.29, 1.82) is 0 Å². The highest BCUT2D eigenvalue weighted by Crippen LogP contribution is 2.37. The molecule has 0 heterocycles. The van der Waals surface area contributed by atoms with Crippen LogP contribution in [-0.2, 0) is 24.2 Å². The van der Waals surface area contributed by atoms with E-state index in [1.54, 1.807) is 0 Å². The van der Waals surface area contributed by atoms with Gasteiger partial charge in [0, 0.05) is 18.7 Å². The van der Waals surface area contributed by atoms with E-state index in [0.29, 0.717) is 0 Å². The molecule has 4 rings (SSSR count). The van der Waals surface area contributed by atoms with E-state index in [1.165, 1.54) is 40.0 Å². The zero-order valence-electron chi connectivity index (χ0n) is 22.4. The van der Waals surface area contributed by atoms with E-state index < -0.39 is 35.8 Å². The summed E-state index contributed by atoms with van der Waals surface area (Å²) in [6.07, 6.45) is 5.78. The summed E-state index contributed by atoms with van der Waals surface area (Å²) >= 11 is 0. The number of hydrogen-bond donors (Lipinski definition) is 7. The lowest BCUT2D eigenvalue weighted by molar-refractivity contribution is -0.124. The van der Waals surface area contributed by atoms with Gasteiger partial charge in [-0.25, -0.2) is 5.43 Å². The van der Waals surface area contributed by atoms with Crippen LogP contribution in [0.4, 0.5) is 0 Å². The Hall–Kier alpha value is -3.89. The summed E-state index contributed by atoms with van der Waals surface area (Å²) in [5.41, 5.74) is 17.4. The van der Waals surface area contributed by atoms with Crippen molar-refractivity contribution in [3.8, 4) is 17.2 Å². The van der Waals surface area contributed by atoms with Crippen molar-refractivity contribution in [1.82, 2.24) is 15.8 Å². The third-order valence-electron chi connectivity index (χ3n) is 6.44. The van der Waals surface area contributed by atoms with Gasteiger partial charge in [0.25, 0.3) is 5.91 Å². The van der Waals surface area contributed by atoms with E-state index in [-0.39, 0.29) is 12.1 Å². The Labute approximate surface area is 229 Å². The van der Waals surface area contributed by atoms with Crippen LogP contribution >= 0.6 is 0 Å². The first-order valence-corrected chi connectivity index (χ1v) is 12.9. The van der Waals surface area contributed by atoms with Crippen LogP contribution in [0.1, 0.15) is 34.2 Å². The van der Waals surface area contributed by atoms with Crippen LogP contribution in [0.15, 0.2) is 66.7 Å². The first-order valence-electron chi connectivity index (χ1n) is 12.9. The number of fused-ring (bicyclic) bond motifs is 2. The summed E-state index contributed by atoms with van der Waals surface area (Å²) in [5, 5.41) is 36.4. The number of aromatic hydroxyl groups is 3. The average molecular weight is 535 g/mol. The van der Waals surface area contributed by atoms with Crippen molar-refractivity contribution in [2.75, 3.05) is 27.2 Å². The van der Waals surface area contributed by atoms with E-state index in [0.717, 1.165) is 25.8 Å². The molecule has 9 nitrogen and oxygen atoms in total. The van der Waals surface area contributed by atoms with Gasteiger partial charge in [-0.05, 0) is 67.3 Å². The van der Waals surface area contributed by atoms with E-state index in [9.17, 15) is 15.0 Å². The molecule has 0 aliphatic heterocycles. The SMILES string of the molecule is CN(C)CCC=C1c2ccccc2CCc2ccccc21.NC(CO)C(=O)NNCc1ccc(O)c(O)c1O. The third-order valence-corrected chi connectivity index (χ3v) is 6.44. The molecule has 208 valence electrons. The first-order chi connectivity index (χ1) is 18.7. The summed E-state index contributed by atoms with van der Waals surface area (Å²) in [6.45, 7) is 0.607. The lowest BCUT2D eigenvalue weighted by Gasteiger charge is -2.13. The molecule has 8 N–H and O–H groups in total. The molecule has 0 aromatic heterocycles. The molecular formula is C30H38N4O5. The van der Waals surface area contributed by atoms with Crippen LogP contribution in [0.3, 0.4) is 0 Å². The molecule has 0 radical (unpaired) electrons. The summed E-state index contributed by atoms with van der Waals surface area (Å²) in [5.74, 6) is -2.17. The fourth-order valence-corrected chi connectivity index (χ4v) is 4.26. The topological polar surface area (TPSA) is 151 Å². The number of carbonyl (C=O) groups excluding carboxylic acids is 1. The molecule has 9 heteroatoms. The molecule has 1 aliphatic rings. The molecule has 1 atom stereocenters. The maximum absolute atomic E-state index is 11.2. The van der Waals surface area contributed by atoms with Gasteiger partial charge in [-0.3, -0.25) is 10.2 Å². The Bertz CT molecular complexity index is 1240. The summed E-state index contributed by atoms with van der Waals surface area (Å²) < 4.78 is 0. The zero-order chi connectivity index (χ0) is 28.4. The molecule has 0 bridgehead atoms. The second-order valence-electron chi connectivity index (χ2n) is 9.60. The van der Waals surface area contributed by atoms with Crippen LogP contribution in [-0.4, -0.2) is 64.5 Å². The van der Waals surface area contributed by atoms with E-state index in [4.69, 9.17) is 15.9 Å². The second kappa shape index (κ2) is 14.3. The molecule has 0 saturated carbocycles. The molecule has 0 saturated heterocycles. The van der Waals surface area contributed by atoms with Gasteiger partial charge in [0.2, 0.25) is 5.75 Å². The van der Waals surface area contributed by atoms with Crippen molar-refractivity contribution in [3.63, 3.8) is 0 Å². The van der Waals surface area contributed by atoms with E-state index in [2.05, 4.69) is 84.5 Å². The van der Waals surface area contributed by atoms with Crippen molar-refractivity contribution < 1.29 is 25.2 Å². The zero-order valence-corrected chi connectivity index (χ0v) is 22.4. The fourth-order valence-electron chi connectivity index (χ4n) is 4.26. The van der Waals surface area contributed by atoms with E-state index in [1.807, 2.05) is 0 Å². The van der Waals surface area contributed by atoms with Crippen molar-refractivity contribution >= 4 is 11.5 Å². The monoisotopic (exact) mass is 534 g/mol. The normalized spacial score (nSPS) is 12.9. The van der Waals surface area contributed by atoms with Gasteiger partial charge in [0.05, 0.1) is 6.61 Å². The predicted octanol–water partition coefficient (Wildman–Crippen LogP) is 2.41. The number of nitrogens with two attached hydrogens (primary N) is 1. The van der Waals surface area contributed by atoms with Gasteiger partial charge in [0.1, 0.15) is 6.04 Å². The highest BCUT2D eigenvalue weighted by molar-refractivity contribution is 5.84. The largest absolute Gasteiger partial charge is 0.504 e. The fraction of sp³-hybridized carbons (Fsp3) is 0.300. The van der Waals surface area contributed by atoms with Crippen molar-refractivity contribution in [3.05, 3.63) is 94.6 Å². The van der Waals surface area contributed by atoms with Gasteiger partial charge < -0.3 is 31.1 Å². The predicted molar refractivity (Wildman–Crippen MR) is 152 cm³/mol. The molecule has 1 aliphatic carbocycles. The van der Waals surface area contributed by atoms with Gasteiger partial charge in [-0.15, -0.1) is 0 Å². The number of hydrogen-bond acceptors (Lipinski definition) is 8. The van der Waals surface area contributed by atoms with E-state index >= 15 is 0 Å². The third kappa shape index (κ3) is 8.05. The minimum Gasteiger partial charge on any atom is -0.504 e. The standard InChI is InChI=1S/C20H23N.C10H15N3O5/c1-21(2)15-7-12-20-18-10-5-3-8-16(18)13-14-17-9-4-6-11-19(17)20;11-6(4-14)10(18)13-12-3-5-1-2-7(15)9(17)8(5)16/h3-6,8-12H,7,13-15H2,1-2H3;1-2,6,12,14-17H,3-4,11H2,(H,13,18). The number of nitrogens with one attached hydrogen (secondary N) is 2. The van der Waals surface area contributed by atoms with Gasteiger partial charge >= 0.3 is 0 Å². The number of amides is 1.